The Labute approximate surface area is 130 Å². The first-order valence-electron chi connectivity index (χ1n) is 8.17. The predicted octanol–water partition coefficient (Wildman–Crippen LogP) is 3.44. The predicted molar refractivity (Wildman–Crippen MR) is 82.7 cm³/mol. The van der Waals surface area contributed by atoms with Gasteiger partial charge in [-0.2, -0.15) is 0 Å². The molecular formula is C18H21NO3. The normalized spacial score (nSPS) is 25.9. The fourth-order valence-electron chi connectivity index (χ4n) is 3.74. The van der Waals surface area contributed by atoms with E-state index in [1.54, 1.807) is 0 Å². The van der Waals surface area contributed by atoms with E-state index in [1.165, 1.54) is 0 Å². The van der Waals surface area contributed by atoms with Crippen molar-refractivity contribution in [1.29, 1.82) is 0 Å². The lowest BCUT2D eigenvalue weighted by Crippen LogP contribution is -2.31. The van der Waals surface area contributed by atoms with E-state index in [0.717, 1.165) is 49.3 Å². The minimum absolute atomic E-state index is 0.187. The summed E-state index contributed by atoms with van der Waals surface area (Å²) in [6.45, 7) is 1.16. The summed E-state index contributed by atoms with van der Waals surface area (Å²) >= 11 is 0. The van der Waals surface area contributed by atoms with E-state index in [1.807, 2.05) is 12.1 Å². The topological polar surface area (TPSA) is 38.8 Å². The van der Waals surface area contributed by atoms with Crippen molar-refractivity contribution in [2.24, 2.45) is 5.92 Å². The molecule has 1 aliphatic carbocycles. The molecule has 1 saturated heterocycles. The van der Waals surface area contributed by atoms with Crippen LogP contribution in [0.15, 0.2) is 30.4 Å². The van der Waals surface area contributed by atoms with Crippen molar-refractivity contribution in [2.75, 3.05) is 13.3 Å². The molecule has 2 unspecified atom stereocenters. The van der Waals surface area contributed by atoms with Crippen molar-refractivity contribution in [3.63, 3.8) is 0 Å². The number of rotatable bonds is 3. The maximum Gasteiger partial charge on any atom is 0.231 e. The molecule has 2 atom stereocenters. The third-order valence-electron chi connectivity index (χ3n) is 4.90. The molecule has 2 heterocycles. The van der Waals surface area contributed by atoms with Crippen molar-refractivity contribution in [3.05, 3.63) is 35.9 Å². The zero-order valence-corrected chi connectivity index (χ0v) is 12.7. The van der Waals surface area contributed by atoms with E-state index >= 15 is 0 Å². The van der Waals surface area contributed by atoms with Gasteiger partial charge >= 0.3 is 0 Å². The number of nitrogens with zero attached hydrogens (tertiary/aromatic N) is 1. The standard InChI is InChI=1S/C18H21NO3/c20-18(10-13-4-1-2-5-13)19-9-3-6-15(19)14-7-8-16-17(11-14)22-12-21-16/h1,4,7-8,11,13,15H,2-3,5-6,9-10,12H2. The second-order valence-corrected chi connectivity index (χ2v) is 6.33. The van der Waals surface area contributed by atoms with Gasteiger partial charge in [0.2, 0.25) is 12.7 Å². The van der Waals surface area contributed by atoms with Crippen molar-refractivity contribution in [1.82, 2.24) is 4.90 Å². The summed E-state index contributed by atoms with van der Waals surface area (Å²) in [6.07, 6.45) is 9.38. The van der Waals surface area contributed by atoms with Gasteiger partial charge in [0.1, 0.15) is 0 Å². The molecule has 4 nitrogen and oxygen atoms in total. The van der Waals surface area contributed by atoms with Crippen LogP contribution < -0.4 is 9.47 Å². The average molecular weight is 299 g/mol. The molecule has 22 heavy (non-hydrogen) atoms. The van der Waals surface area contributed by atoms with E-state index < -0.39 is 0 Å². The smallest absolute Gasteiger partial charge is 0.231 e. The van der Waals surface area contributed by atoms with Gasteiger partial charge in [-0.05, 0) is 49.3 Å². The molecule has 0 bridgehead atoms. The minimum Gasteiger partial charge on any atom is -0.454 e. The third kappa shape index (κ3) is 2.47. The fourth-order valence-corrected chi connectivity index (χ4v) is 3.74. The molecule has 4 rings (SSSR count). The summed E-state index contributed by atoms with van der Waals surface area (Å²) < 4.78 is 10.8. The summed E-state index contributed by atoms with van der Waals surface area (Å²) in [5.74, 6) is 2.33. The highest BCUT2D eigenvalue weighted by molar-refractivity contribution is 5.77. The van der Waals surface area contributed by atoms with Crippen LogP contribution >= 0.6 is 0 Å². The van der Waals surface area contributed by atoms with Crippen LogP contribution in [0.2, 0.25) is 0 Å². The molecule has 0 radical (unpaired) electrons. The van der Waals surface area contributed by atoms with Crippen LogP contribution in [0.5, 0.6) is 11.5 Å². The number of hydrogen-bond donors (Lipinski definition) is 0. The number of carbonyl (C=O) groups is 1. The Morgan fingerprint density at radius 2 is 2.14 bits per heavy atom. The number of carbonyl (C=O) groups excluding carboxylic acids is 1. The van der Waals surface area contributed by atoms with E-state index in [4.69, 9.17) is 9.47 Å². The molecule has 1 aromatic rings. The number of hydrogen-bond acceptors (Lipinski definition) is 3. The van der Waals surface area contributed by atoms with Gasteiger partial charge in [0.25, 0.3) is 0 Å². The number of allylic oxidation sites excluding steroid dienone is 2. The van der Waals surface area contributed by atoms with Gasteiger partial charge < -0.3 is 14.4 Å². The Morgan fingerprint density at radius 1 is 1.23 bits per heavy atom. The number of amides is 1. The van der Waals surface area contributed by atoms with E-state index in [-0.39, 0.29) is 11.9 Å². The van der Waals surface area contributed by atoms with Crippen LogP contribution in [0.1, 0.15) is 43.7 Å². The summed E-state index contributed by atoms with van der Waals surface area (Å²) in [4.78, 5) is 14.7. The summed E-state index contributed by atoms with van der Waals surface area (Å²) in [5, 5.41) is 0. The molecule has 3 aliphatic rings. The van der Waals surface area contributed by atoms with Crippen molar-refractivity contribution in [3.8, 4) is 11.5 Å². The first-order chi connectivity index (χ1) is 10.8. The highest BCUT2D eigenvalue weighted by Crippen LogP contribution is 2.39. The summed E-state index contributed by atoms with van der Waals surface area (Å²) in [6, 6.07) is 6.25. The van der Waals surface area contributed by atoms with Crippen LogP contribution in [0.4, 0.5) is 0 Å². The van der Waals surface area contributed by atoms with Gasteiger partial charge in [-0.25, -0.2) is 0 Å². The summed E-state index contributed by atoms with van der Waals surface area (Å²) in [5.41, 5.74) is 1.16. The van der Waals surface area contributed by atoms with Gasteiger partial charge in [0.05, 0.1) is 6.04 Å². The lowest BCUT2D eigenvalue weighted by Gasteiger charge is -2.26. The van der Waals surface area contributed by atoms with Gasteiger partial charge in [0.15, 0.2) is 11.5 Å². The highest BCUT2D eigenvalue weighted by Gasteiger charge is 2.31. The first kappa shape index (κ1) is 13.7. The highest BCUT2D eigenvalue weighted by atomic mass is 16.7. The fraction of sp³-hybridized carbons (Fsp3) is 0.500. The number of benzene rings is 1. The number of fused-ring (bicyclic) bond motifs is 1. The molecule has 116 valence electrons. The van der Waals surface area contributed by atoms with E-state index in [2.05, 4.69) is 23.1 Å². The second kappa shape index (κ2) is 5.67. The van der Waals surface area contributed by atoms with Crippen LogP contribution in [0.3, 0.4) is 0 Å². The first-order valence-corrected chi connectivity index (χ1v) is 8.17. The zero-order valence-electron chi connectivity index (χ0n) is 12.7. The Bertz CT molecular complexity index is 610. The van der Waals surface area contributed by atoms with Gasteiger partial charge in [-0.15, -0.1) is 0 Å². The Balaban J connectivity index is 1.50. The molecule has 0 aromatic heterocycles. The lowest BCUT2D eigenvalue weighted by molar-refractivity contribution is -0.132. The van der Waals surface area contributed by atoms with Crippen LogP contribution in [-0.2, 0) is 4.79 Å². The molecule has 4 heteroatoms. The van der Waals surface area contributed by atoms with E-state index in [9.17, 15) is 4.79 Å². The van der Waals surface area contributed by atoms with Crippen LogP contribution in [-0.4, -0.2) is 24.1 Å². The average Bonchev–Trinajstić information content (AvgIpc) is 3.27. The van der Waals surface area contributed by atoms with Gasteiger partial charge in [0, 0.05) is 13.0 Å². The molecule has 1 aromatic carbocycles. The van der Waals surface area contributed by atoms with Gasteiger partial charge in [-0.1, -0.05) is 18.2 Å². The largest absolute Gasteiger partial charge is 0.454 e. The third-order valence-corrected chi connectivity index (χ3v) is 4.90. The Morgan fingerprint density at radius 3 is 3.00 bits per heavy atom. The Hall–Kier alpha value is -1.97. The molecule has 1 amide bonds. The second-order valence-electron chi connectivity index (χ2n) is 6.33. The lowest BCUT2D eigenvalue weighted by atomic mass is 10.0. The van der Waals surface area contributed by atoms with Crippen LogP contribution in [0.25, 0.3) is 0 Å². The SMILES string of the molecule is O=C(CC1C=CCC1)N1CCCC1c1ccc2c(c1)OCO2. The number of likely N-dealkylation sites (tertiary alicyclic amines) is 1. The number of ether oxygens (including phenoxy) is 2. The minimum atomic E-state index is 0.187. The maximum atomic E-state index is 12.7. The molecular weight excluding hydrogens is 278 g/mol. The monoisotopic (exact) mass is 299 g/mol. The zero-order chi connectivity index (χ0) is 14.9. The summed E-state index contributed by atoms with van der Waals surface area (Å²) in [7, 11) is 0. The van der Waals surface area contributed by atoms with E-state index in [0.29, 0.717) is 19.1 Å². The molecule has 0 saturated carbocycles. The quantitative estimate of drug-likeness (QED) is 0.803. The van der Waals surface area contributed by atoms with Crippen LogP contribution in [0, 0.1) is 5.92 Å². The van der Waals surface area contributed by atoms with Crippen molar-refractivity contribution < 1.29 is 14.3 Å². The molecule has 1 fully saturated rings. The Kier molecular flexibility index (Phi) is 3.53. The molecule has 2 aliphatic heterocycles. The van der Waals surface area contributed by atoms with Crippen molar-refractivity contribution in [2.45, 2.75) is 38.1 Å². The van der Waals surface area contributed by atoms with Gasteiger partial charge in [-0.3, -0.25) is 4.79 Å². The maximum absolute atomic E-state index is 12.7. The molecule has 0 spiro atoms. The van der Waals surface area contributed by atoms with Crippen molar-refractivity contribution >= 4 is 5.91 Å². The molecule has 0 N–H and O–H groups in total.